The number of hydrogen-bond acceptors (Lipinski definition) is 4. The Kier molecular flexibility index (Phi) is 5.90. The molecule has 3 rings (SSSR count). The number of amides is 2. The molecule has 0 radical (unpaired) electrons. The Morgan fingerprint density at radius 2 is 1.70 bits per heavy atom. The van der Waals surface area contributed by atoms with E-state index in [0.29, 0.717) is 26.2 Å². The normalized spacial score (nSPS) is 14.0. The molecule has 1 fully saturated rings. The predicted octanol–water partition coefficient (Wildman–Crippen LogP) is 2.51. The summed E-state index contributed by atoms with van der Waals surface area (Å²) in [6.07, 6.45) is -0.303. The fourth-order valence-corrected chi connectivity index (χ4v) is 3.09. The second kappa shape index (κ2) is 8.53. The van der Waals surface area contributed by atoms with Crippen molar-refractivity contribution in [2.45, 2.75) is 6.42 Å². The lowest BCUT2D eigenvalue weighted by Gasteiger charge is -2.36. The van der Waals surface area contributed by atoms with Crippen molar-refractivity contribution < 1.29 is 18.7 Å². The zero-order valence-corrected chi connectivity index (χ0v) is 15.2. The Morgan fingerprint density at radius 1 is 1.04 bits per heavy atom. The SMILES string of the molecule is COc1ccccc1N1CCN(C(=O)CC(=O)Nc2ccccc2F)CC1. The Morgan fingerprint density at radius 3 is 2.41 bits per heavy atom. The lowest BCUT2D eigenvalue weighted by molar-refractivity contribution is -0.134. The number of nitrogens with zero attached hydrogens (tertiary/aromatic N) is 2. The van der Waals surface area contributed by atoms with E-state index in [1.807, 2.05) is 24.3 Å². The highest BCUT2D eigenvalue weighted by atomic mass is 19.1. The molecule has 0 atom stereocenters. The number of piperazine rings is 1. The molecule has 2 aromatic rings. The average molecular weight is 371 g/mol. The molecular formula is C20H22FN3O3. The van der Waals surface area contributed by atoms with Crippen molar-refractivity contribution in [3.8, 4) is 5.75 Å². The molecule has 1 heterocycles. The van der Waals surface area contributed by atoms with Gasteiger partial charge in [-0.2, -0.15) is 0 Å². The molecule has 27 heavy (non-hydrogen) atoms. The fourth-order valence-electron chi connectivity index (χ4n) is 3.09. The van der Waals surface area contributed by atoms with Crippen LogP contribution in [0.2, 0.25) is 0 Å². The highest BCUT2D eigenvalue weighted by Crippen LogP contribution is 2.28. The summed E-state index contributed by atoms with van der Waals surface area (Å²) >= 11 is 0. The van der Waals surface area contributed by atoms with Crippen LogP contribution in [0.15, 0.2) is 48.5 Å². The Balaban J connectivity index is 1.52. The largest absolute Gasteiger partial charge is 0.495 e. The molecule has 0 saturated carbocycles. The summed E-state index contributed by atoms with van der Waals surface area (Å²) in [5, 5.41) is 2.44. The van der Waals surface area contributed by atoms with E-state index in [4.69, 9.17) is 4.74 Å². The summed E-state index contributed by atoms with van der Waals surface area (Å²) < 4.78 is 19.0. The van der Waals surface area contributed by atoms with Gasteiger partial charge in [0.1, 0.15) is 18.0 Å². The number of nitrogens with one attached hydrogen (secondary N) is 1. The van der Waals surface area contributed by atoms with Gasteiger partial charge in [0, 0.05) is 26.2 Å². The number of carbonyl (C=O) groups excluding carboxylic acids is 2. The van der Waals surface area contributed by atoms with Gasteiger partial charge in [0.15, 0.2) is 0 Å². The summed E-state index contributed by atoms with van der Waals surface area (Å²) in [6.45, 7) is 2.34. The third-order valence-corrected chi connectivity index (χ3v) is 4.52. The maximum absolute atomic E-state index is 13.6. The Hall–Kier alpha value is -3.09. The molecule has 1 aliphatic rings. The van der Waals surface area contributed by atoms with Crippen LogP contribution in [0, 0.1) is 5.82 Å². The van der Waals surface area contributed by atoms with Crippen LogP contribution in [0.25, 0.3) is 0 Å². The molecule has 0 aliphatic carbocycles. The van der Waals surface area contributed by atoms with Crippen LogP contribution < -0.4 is 15.0 Å². The topological polar surface area (TPSA) is 61.9 Å². The molecule has 2 amide bonds. The molecule has 0 unspecified atom stereocenters. The van der Waals surface area contributed by atoms with Gasteiger partial charge in [0.05, 0.1) is 18.5 Å². The molecule has 2 aromatic carbocycles. The summed E-state index contributed by atoms with van der Waals surface area (Å²) in [4.78, 5) is 28.2. The number of anilines is 2. The Bertz CT molecular complexity index is 820. The quantitative estimate of drug-likeness (QED) is 0.821. The van der Waals surface area contributed by atoms with E-state index in [-0.39, 0.29) is 18.0 Å². The van der Waals surface area contributed by atoms with Crippen LogP contribution >= 0.6 is 0 Å². The summed E-state index contributed by atoms with van der Waals surface area (Å²) in [6, 6.07) is 13.6. The number of benzene rings is 2. The summed E-state index contributed by atoms with van der Waals surface area (Å²) in [5.74, 6) is -0.508. The second-order valence-electron chi connectivity index (χ2n) is 6.24. The van der Waals surface area contributed by atoms with E-state index in [9.17, 15) is 14.0 Å². The average Bonchev–Trinajstić information content (AvgIpc) is 2.69. The first-order valence-corrected chi connectivity index (χ1v) is 8.78. The highest BCUT2D eigenvalue weighted by molar-refractivity contribution is 6.03. The molecule has 7 heteroatoms. The lowest BCUT2D eigenvalue weighted by atomic mass is 10.2. The first-order chi connectivity index (χ1) is 13.1. The molecule has 0 bridgehead atoms. The van der Waals surface area contributed by atoms with Gasteiger partial charge in [0.2, 0.25) is 11.8 Å². The van der Waals surface area contributed by atoms with Crippen molar-refractivity contribution in [3.63, 3.8) is 0 Å². The van der Waals surface area contributed by atoms with Gasteiger partial charge in [-0.25, -0.2) is 4.39 Å². The predicted molar refractivity (Wildman–Crippen MR) is 101 cm³/mol. The van der Waals surface area contributed by atoms with Crippen molar-refractivity contribution in [2.75, 3.05) is 43.5 Å². The minimum absolute atomic E-state index is 0.0799. The number of para-hydroxylation sites is 3. The van der Waals surface area contributed by atoms with E-state index >= 15 is 0 Å². The molecule has 1 saturated heterocycles. The fraction of sp³-hybridized carbons (Fsp3) is 0.300. The molecule has 0 aromatic heterocycles. The zero-order chi connectivity index (χ0) is 19.2. The minimum Gasteiger partial charge on any atom is -0.495 e. The van der Waals surface area contributed by atoms with E-state index in [1.165, 1.54) is 18.2 Å². The zero-order valence-electron chi connectivity index (χ0n) is 15.2. The molecule has 1 N–H and O–H groups in total. The van der Waals surface area contributed by atoms with Gasteiger partial charge < -0.3 is 19.9 Å². The van der Waals surface area contributed by atoms with Gasteiger partial charge in [-0.3, -0.25) is 9.59 Å². The molecule has 142 valence electrons. The monoisotopic (exact) mass is 371 g/mol. The third kappa shape index (κ3) is 4.55. The van der Waals surface area contributed by atoms with E-state index in [0.717, 1.165) is 11.4 Å². The van der Waals surface area contributed by atoms with E-state index in [1.54, 1.807) is 18.1 Å². The van der Waals surface area contributed by atoms with Crippen molar-refractivity contribution >= 4 is 23.2 Å². The van der Waals surface area contributed by atoms with Gasteiger partial charge in [-0.05, 0) is 24.3 Å². The molecule has 0 spiro atoms. The van der Waals surface area contributed by atoms with Gasteiger partial charge in [-0.1, -0.05) is 24.3 Å². The van der Waals surface area contributed by atoms with Crippen molar-refractivity contribution in [1.82, 2.24) is 4.90 Å². The van der Waals surface area contributed by atoms with Crippen LogP contribution in [0.3, 0.4) is 0 Å². The summed E-state index contributed by atoms with van der Waals surface area (Å²) in [5.41, 5.74) is 1.07. The summed E-state index contributed by atoms with van der Waals surface area (Å²) in [7, 11) is 1.63. The number of carbonyl (C=O) groups is 2. The number of ether oxygens (including phenoxy) is 1. The van der Waals surface area contributed by atoms with Crippen LogP contribution in [0.1, 0.15) is 6.42 Å². The number of hydrogen-bond donors (Lipinski definition) is 1. The van der Waals surface area contributed by atoms with Crippen molar-refractivity contribution in [3.05, 3.63) is 54.3 Å². The maximum Gasteiger partial charge on any atom is 0.233 e. The minimum atomic E-state index is -0.524. The highest BCUT2D eigenvalue weighted by Gasteiger charge is 2.24. The number of methoxy groups -OCH3 is 1. The first-order valence-electron chi connectivity index (χ1n) is 8.78. The van der Waals surface area contributed by atoms with Gasteiger partial charge in [-0.15, -0.1) is 0 Å². The number of rotatable bonds is 5. The molecule has 6 nitrogen and oxygen atoms in total. The smallest absolute Gasteiger partial charge is 0.233 e. The first kappa shape index (κ1) is 18.7. The van der Waals surface area contributed by atoms with Crippen LogP contribution in [-0.2, 0) is 9.59 Å². The van der Waals surface area contributed by atoms with Crippen LogP contribution in [-0.4, -0.2) is 50.0 Å². The van der Waals surface area contributed by atoms with Crippen LogP contribution in [0.5, 0.6) is 5.75 Å². The van der Waals surface area contributed by atoms with Gasteiger partial charge in [0.25, 0.3) is 0 Å². The Labute approximate surface area is 157 Å². The van der Waals surface area contributed by atoms with E-state index < -0.39 is 11.7 Å². The number of halogens is 1. The second-order valence-corrected chi connectivity index (χ2v) is 6.24. The maximum atomic E-state index is 13.6. The van der Waals surface area contributed by atoms with Crippen LogP contribution in [0.4, 0.5) is 15.8 Å². The van der Waals surface area contributed by atoms with E-state index in [2.05, 4.69) is 10.2 Å². The van der Waals surface area contributed by atoms with Crippen molar-refractivity contribution in [2.24, 2.45) is 0 Å². The molecule has 1 aliphatic heterocycles. The van der Waals surface area contributed by atoms with Crippen molar-refractivity contribution in [1.29, 1.82) is 0 Å². The lowest BCUT2D eigenvalue weighted by Crippen LogP contribution is -2.49. The standard InChI is InChI=1S/C20H22FN3O3/c1-27-18-9-5-4-8-17(18)23-10-12-24(13-11-23)20(26)14-19(25)22-16-7-3-2-6-15(16)21/h2-9H,10-14H2,1H3,(H,22,25). The van der Waals surface area contributed by atoms with Gasteiger partial charge >= 0.3 is 0 Å². The molecular weight excluding hydrogens is 349 g/mol. The third-order valence-electron chi connectivity index (χ3n) is 4.52.